The molecule has 3 aromatic rings. The minimum Gasteiger partial charge on any atom is -0.480 e. The molecule has 3 atom stereocenters. The Morgan fingerprint density at radius 1 is 0.768 bits per heavy atom. The molecule has 0 radical (unpaired) electrons. The van der Waals surface area contributed by atoms with Crippen LogP contribution in [0, 0.1) is 5.92 Å². The first kappa shape index (κ1) is 44.7. The molecule has 0 unspecified atom stereocenters. The Kier molecular flexibility index (Phi) is 18.1. The van der Waals surface area contributed by atoms with Gasteiger partial charge in [0.2, 0.25) is 5.91 Å². The van der Waals surface area contributed by atoms with Crippen LogP contribution < -0.4 is 5.32 Å². The van der Waals surface area contributed by atoms with Crippen molar-refractivity contribution >= 4 is 41.3 Å². The van der Waals surface area contributed by atoms with Crippen LogP contribution in [0.1, 0.15) is 94.1 Å². The fourth-order valence-electron chi connectivity index (χ4n) is 6.24. The second-order valence-electron chi connectivity index (χ2n) is 14.6. The number of ether oxygens (including phenoxy) is 2. The van der Waals surface area contributed by atoms with Gasteiger partial charge in [0.15, 0.2) is 11.6 Å². The largest absolute Gasteiger partial charge is 0.480 e. The smallest absolute Gasteiger partial charge is 0.408 e. The third-order valence-corrected chi connectivity index (χ3v) is 8.99. The molecule has 2 N–H and O–H groups in total. The summed E-state index contributed by atoms with van der Waals surface area (Å²) < 4.78 is 10.1. The number of likely N-dealkylation sites (tertiary alicyclic amines) is 1. The topological polar surface area (TPSA) is 173 Å². The van der Waals surface area contributed by atoms with E-state index in [1.165, 1.54) is 4.90 Å². The number of carboxylic acid groups (broad SMARTS) is 1. The molecule has 300 valence electrons. The highest BCUT2D eigenvalue weighted by Gasteiger charge is 2.34. The van der Waals surface area contributed by atoms with Gasteiger partial charge in [-0.3, -0.25) is 24.0 Å². The summed E-state index contributed by atoms with van der Waals surface area (Å²) in [6.45, 7) is 7.65. The van der Waals surface area contributed by atoms with Crippen molar-refractivity contribution < 1.29 is 48.1 Å². The molecule has 1 heterocycles. The first-order chi connectivity index (χ1) is 26.7. The van der Waals surface area contributed by atoms with E-state index in [0.717, 1.165) is 11.1 Å². The zero-order chi connectivity index (χ0) is 41.1. The van der Waals surface area contributed by atoms with Gasteiger partial charge in [-0.2, -0.15) is 0 Å². The molecule has 0 saturated carbocycles. The van der Waals surface area contributed by atoms with Gasteiger partial charge in [0.25, 0.3) is 0 Å². The summed E-state index contributed by atoms with van der Waals surface area (Å²) in [4.78, 5) is 86.9. The molecule has 56 heavy (non-hydrogen) atoms. The van der Waals surface area contributed by atoms with Crippen molar-refractivity contribution in [1.29, 1.82) is 0 Å². The standard InChI is InChI=1S/C25H27NO5.C19H27NO5/c27-22(13-14-24(29)26-15-7-12-21(26)25(30)31)20(16-18-8-3-1-4-9-18)17-23(28)19-10-5-2-6-11-19;1-5-24-17(22)12-11-16(21)15(13-14-9-7-6-8-10-14)20-18(23)25-19(2,3)4/h1-6,8-11,20-21H,7,12-17H2,(H,30,31);6-10,15H,5,11-13H2,1-4H3,(H,20,23)/t20-,21+;15-/m10/s1. The number of carbonyl (C=O) groups excluding carboxylic acids is 6. The van der Waals surface area contributed by atoms with E-state index in [9.17, 15) is 38.7 Å². The molecule has 1 saturated heterocycles. The minimum atomic E-state index is -1.01. The van der Waals surface area contributed by atoms with Gasteiger partial charge in [-0.15, -0.1) is 0 Å². The molecule has 0 spiro atoms. The Labute approximate surface area is 328 Å². The molecule has 0 bridgehead atoms. The summed E-state index contributed by atoms with van der Waals surface area (Å²) >= 11 is 0. The van der Waals surface area contributed by atoms with Crippen LogP contribution in [0.15, 0.2) is 91.0 Å². The number of hydrogen-bond donors (Lipinski definition) is 2. The second-order valence-corrected chi connectivity index (χ2v) is 14.6. The minimum absolute atomic E-state index is 0.00123. The lowest BCUT2D eigenvalue weighted by Crippen LogP contribution is -2.44. The van der Waals surface area contributed by atoms with Crippen molar-refractivity contribution in [2.75, 3.05) is 13.2 Å². The number of ketones is 3. The van der Waals surface area contributed by atoms with Gasteiger partial charge in [-0.25, -0.2) is 9.59 Å². The molecule has 12 nitrogen and oxygen atoms in total. The highest BCUT2D eigenvalue weighted by molar-refractivity contribution is 5.99. The van der Waals surface area contributed by atoms with E-state index in [1.807, 2.05) is 66.7 Å². The monoisotopic (exact) mass is 770 g/mol. The zero-order valence-electron chi connectivity index (χ0n) is 32.7. The number of rotatable bonds is 18. The Hall–Kier alpha value is -5.65. The molecule has 3 aromatic carbocycles. The highest BCUT2D eigenvalue weighted by Crippen LogP contribution is 2.22. The number of carboxylic acids is 1. The molecular weight excluding hydrogens is 716 g/mol. The van der Waals surface area contributed by atoms with Crippen LogP contribution >= 0.6 is 0 Å². The lowest BCUT2D eigenvalue weighted by molar-refractivity contribution is -0.148. The van der Waals surface area contributed by atoms with Crippen LogP contribution in [-0.2, 0) is 46.3 Å². The van der Waals surface area contributed by atoms with Crippen LogP contribution in [0.5, 0.6) is 0 Å². The summed E-state index contributed by atoms with van der Waals surface area (Å²) in [6, 6.07) is 26.2. The Morgan fingerprint density at radius 3 is 1.88 bits per heavy atom. The predicted octanol–water partition coefficient (Wildman–Crippen LogP) is 6.58. The first-order valence-electron chi connectivity index (χ1n) is 19.1. The average molecular weight is 771 g/mol. The lowest BCUT2D eigenvalue weighted by Gasteiger charge is -2.23. The third-order valence-electron chi connectivity index (χ3n) is 8.99. The fourth-order valence-corrected chi connectivity index (χ4v) is 6.24. The van der Waals surface area contributed by atoms with Crippen LogP contribution in [0.3, 0.4) is 0 Å². The summed E-state index contributed by atoms with van der Waals surface area (Å²) in [5.74, 6) is -2.76. The van der Waals surface area contributed by atoms with Gasteiger partial charge >= 0.3 is 18.0 Å². The number of Topliss-reactive ketones (excluding diaryl/α,β-unsaturated/α-hetero) is 3. The normalized spacial score (nSPS) is 14.6. The van der Waals surface area contributed by atoms with Gasteiger partial charge in [0.05, 0.1) is 19.1 Å². The number of nitrogens with one attached hydrogen (secondary N) is 1. The maximum absolute atomic E-state index is 13.0. The molecule has 12 heteroatoms. The Balaban J connectivity index is 0.000000308. The van der Waals surface area contributed by atoms with Crippen LogP contribution in [0.25, 0.3) is 0 Å². The van der Waals surface area contributed by atoms with E-state index in [4.69, 9.17) is 9.47 Å². The number of carbonyl (C=O) groups is 7. The third kappa shape index (κ3) is 16.0. The number of aliphatic carboxylic acids is 1. The van der Waals surface area contributed by atoms with E-state index in [-0.39, 0.29) is 62.0 Å². The number of amides is 2. The SMILES string of the molecule is CCOC(=O)CCC(=O)[C@H](Cc1ccccc1)NC(=O)OC(C)(C)C.O=C(C[C@@H](Cc1ccccc1)C(=O)CCC(=O)N1CCC[C@H]1C(=O)O)c1ccccc1. The van der Waals surface area contributed by atoms with Gasteiger partial charge in [-0.1, -0.05) is 91.0 Å². The maximum Gasteiger partial charge on any atom is 0.408 e. The van der Waals surface area contributed by atoms with Crippen molar-refractivity contribution in [2.45, 2.75) is 103 Å². The quantitative estimate of drug-likeness (QED) is 0.106. The van der Waals surface area contributed by atoms with Crippen molar-refractivity contribution in [3.05, 3.63) is 108 Å². The van der Waals surface area contributed by atoms with Gasteiger partial charge in [-0.05, 0) is 64.5 Å². The second kappa shape index (κ2) is 22.7. The van der Waals surface area contributed by atoms with Crippen LogP contribution in [-0.4, -0.2) is 82.1 Å². The summed E-state index contributed by atoms with van der Waals surface area (Å²) in [5.41, 5.74) is 1.77. The van der Waals surface area contributed by atoms with E-state index in [1.54, 1.807) is 52.0 Å². The first-order valence-corrected chi connectivity index (χ1v) is 19.1. The van der Waals surface area contributed by atoms with E-state index in [0.29, 0.717) is 37.8 Å². The fraction of sp³-hybridized carbons (Fsp3) is 0.432. The average Bonchev–Trinajstić information content (AvgIpc) is 3.67. The van der Waals surface area contributed by atoms with Crippen LogP contribution in [0.4, 0.5) is 4.79 Å². The highest BCUT2D eigenvalue weighted by atomic mass is 16.6. The number of nitrogens with zero attached hydrogens (tertiary/aromatic N) is 1. The van der Waals surface area contributed by atoms with Gasteiger partial charge in [0, 0.05) is 43.7 Å². The molecule has 2 amide bonds. The predicted molar refractivity (Wildman–Crippen MR) is 210 cm³/mol. The molecule has 0 aliphatic carbocycles. The number of esters is 1. The van der Waals surface area contributed by atoms with Gasteiger partial charge in [0.1, 0.15) is 17.4 Å². The number of alkyl carbamates (subject to hydrolysis) is 1. The van der Waals surface area contributed by atoms with E-state index < -0.39 is 41.6 Å². The van der Waals surface area contributed by atoms with Gasteiger partial charge < -0.3 is 24.8 Å². The maximum atomic E-state index is 13.0. The molecule has 1 aliphatic rings. The zero-order valence-corrected chi connectivity index (χ0v) is 32.7. The summed E-state index contributed by atoms with van der Waals surface area (Å²) in [6.07, 6.45) is 1.24. The summed E-state index contributed by atoms with van der Waals surface area (Å²) in [5, 5.41) is 11.9. The lowest BCUT2D eigenvalue weighted by atomic mass is 9.87. The van der Waals surface area contributed by atoms with Crippen LogP contribution in [0.2, 0.25) is 0 Å². The number of hydrogen-bond acceptors (Lipinski definition) is 9. The van der Waals surface area contributed by atoms with E-state index in [2.05, 4.69) is 5.32 Å². The molecule has 1 fully saturated rings. The van der Waals surface area contributed by atoms with Crippen molar-refractivity contribution in [3.8, 4) is 0 Å². The number of benzene rings is 3. The Morgan fingerprint density at radius 2 is 1.32 bits per heavy atom. The molecule has 1 aliphatic heterocycles. The molecular formula is C44H54N2O10. The molecule has 0 aromatic heterocycles. The summed E-state index contributed by atoms with van der Waals surface area (Å²) in [7, 11) is 0. The van der Waals surface area contributed by atoms with Crippen molar-refractivity contribution in [3.63, 3.8) is 0 Å². The van der Waals surface area contributed by atoms with Crippen molar-refractivity contribution in [1.82, 2.24) is 10.2 Å². The molecule has 4 rings (SSSR count). The van der Waals surface area contributed by atoms with E-state index >= 15 is 0 Å². The van der Waals surface area contributed by atoms with Crippen molar-refractivity contribution in [2.24, 2.45) is 5.92 Å². The Bertz CT molecular complexity index is 1760.